The summed E-state index contributed by atoms with van der Waals surface area (Å²) >= 11 is 0. The van der Waals surface area contributed by atoms with Crippen LogP contribution in [0.2, 0.25) is 0 Å². The molecular formula is C7H15NO. The van der Waals surface area contributed by atoms with Crippen LogP contribution in [0, 0.1) is 5.92 Å². The summed E-state index contributed by atoms with van der Waals surface area (Å²) in [6, 6.07) is 0. The highest BCUT2D eigenvalue weighted by molar-refractivity contribution is 5.76. The molecule has 1 aliphatic rings. The van der Waals surface area contributed by atoms with Gasteiger partial charge in [-0.05, 0) is 18.8 Å². The van der Waals surface area contributed by atoms with E-state index in [0.29, 0.717) is 0 Å². The SMILES string of the molecule is CC1CCNC(=O)CC1.[HH]. The van der Waals surface area contributed by atoms with Gasteiger partial charge in [-0.1, -0.05) is 6.92 Å². The van der Waals surface area contributed by atoms with Gasteiger partial charge in [-0.3, -0.25) is 4.79 Å². The Bertz CT molecular complexity index is 116. The Kier molecular flexibility index (Phi) is 2.09. The van der Waals surface area contributed by atoms with Gasteiger partial charge in [0.05, 0.1) is 0 Å². The van der Waals surface area contributed by atoms with E-state index in [2.05, 4.69) is 12.2 Å². The molecule has 1 atom stereocenters. The average molecular weight is 129 g/mol. The molecule has 1 aliphatic heterocycles. The van der Waals surface area contributed by atoms with E-state index in [4.69, 9.17) is 0 Å². The molecule has 1 amide bonds. The van der Waals surface area contributed by atoms with Crippen molar-refractivity contribution in [2.24, 2.45) is 5.92 Å². The summed E-state index contributed by atoms with van der Waals surface area (Å²) < 4.78 is 0. The summed E-state index contributed by atoms with van der Waals surface area (Å²) in [5, 5.41) is 2.84. The normalized spacial score (nSPS) is 29.0. The summed E-state index contributed by atoms with van der Waals surface area (Å²) in [5.41, 5.74) is 0. The summed E-state index contributed by atoms with van der Waals surface area (Å²) in [6.07, 6.45) is 2.93. The Labute approximate surface area is 57.1 Å². The molecule has 0 radical (unpaired) electrons. The Morgan fingerprint density at radius 2 is 2.44 bits per heavy atom. The molecule has 9 heavy (non-hydrogen) atoms. The summed E-state index contributed by atoms with van der Waals surface area (Å²) in [6.45, 7) is 3.07. The van der Waals surface area contributed by atoms with E-state index in [-0.39, 0.29) is 7.33 Å². The number of carbonyl (C=O) groups is 1. The maximum Gasteiger partial charge on any atom is 0.220 e. The van der Waals surface area contributed by atoms with Crippen molar-refractivity contribution in [2.75, 3.05) is 6.54 Å². The van der Waals surface area contributed by atoms with Gasteiger partial charge in [0.25, 0.3) is 0 Å². The highest BCUT2D eigenvalue weighted by Gasteiger charge is 2.10. The summed E-state index contributed by atoms with van der Waals surface area (Å²) in [5.74, 6) is 0.948. The van der Waals surface area contributed by atoms with Gasteiger partial charge in [0.15, 0.2) is 0 Å². The molecule has 1 unspecified atom stereocenters. The minimum absolute atomic E-state index is 0. The summed E-state index contributed by atoms with van der Waals surface area (Å²) in [4.78, 5) is 10.7. The molecule has 1 N–H and O–H groups in total. The third-order valence-electron chi connectivity index (χ3n) is 1.82. The van der Waals surface area contributed by atoms with Crippen LogP contribution in [0.4, 0.5) is 0 Å². The predicted octanol–water partition coefficient (Wildman–Crippen LogP) is 1.17. The first-order chi connectivity index (χ1) is 4.29. The van der Waals surface area contributed by atoms with Gasteiger partial charge in [0.2, 0.25) is 5.91 Å². The first kappa shape index (κ1) is 6.59. The van der Waals surface area contributed by atoms with E-state index in [1.54, 1.807) is 0 Å². The highest BCUT2D eigenvalue weighted by atomic mass is 16.1. The fourth-order valence-corrected chi connectivity index (χ4v) is 1.07. The maximum absolute atomic E-state index is 10.7. The van der Waals surface area contributed by atoms with Gasteiger partial charge in [-0.25, -0.2) is 0 Å². The third kappa shape index (κ3) is 2.04. The van der Waals surface area contributed by atoms with Crippen LogP contribution in [-0.4, -0.2) is 12.5 Å². The minimum Gasteiger partial charge on any atom is -0.356 e. The largest absolute Gasteiger partial charge is 0.356 e. The first-order valence-electron chi connectivity index (χ1n) is 3.56. The van der Waals surface area contributed by atoms with Gasteiger partial charge < -0.3 is 5.32 Å². The van der Waals surface area contributed by atoms with Crippen LogP contribution >= 0.6 is 0 Å². The number of rotatable bonds is 0. The maximum atomic E-state index is 10.7. The van der Waals surface area contributed by atoms with Crippen LogP contribution in [0.25, 0.3) is 0 Å². The molecule has 0 aromatic heterocycles. The molecule has 1 saturated heterocycles. The Hall–Kier alpha value is -0.530. The van der Waals surface area contributed by atoms with Crippen LogP contribution in [0.3, 0.4) is 0 Å². The molecule has 0 aromatic carbocycles. The van der Waals surface area contributed by atoms with Gasteiger partial charge in [-0.2, -0.15) is 0 Å². The second kappa shape index (κ2) is 2.85. The molecule has 1 fully saturated rings. The van der Waals surface area contributed by atoms with Crippen LogP contribution in [0.15, 0.2) is 0 Å². The van der Waals surface area contributed by atoms with Crippen LogP contribution < -0.4 is 5.32 Å². The Balaban J connectivity index is 0.000000810. The van der Waals surface area contributed by atoms with Crippen molar-refractivity contribution in [3.05, 3.63) is 0 Å². The molecule has 0 aromatic rings. The second-order valence-corrected chi connectivity index (χ2v) is 2.78. The van der Waals surface area contributed by atoms with Crippen LogP contribution in [-0.2, 0) is 4.79 Å². The zero-order valence-electron chi connectivity index (χ0n) is 5.81. The average Bonchev–Trinajstić information content (AvgIpc) is 1.97. The van der Waals surface area contributed by atoms with Gasteiger partial charge in [0, 0.05) is 14.4 Å². The van der Waals surface area contributed by atoms with E-state index >= 15 is 0 Å². The highest BCUT2D eigenvalue weighted by Crippen LogP contribution is 2.11. The lowest BCUT2D eigenvalue weighted by Crippen LogP contribution is -2.21. The monoisotopic (exact) mass is 129 g/mol. The molecule has 54 valence electrons. The minimum atomic E-state index is 0. The van der Waals surface area contributed by atoms with Crippen molar-refractivity contribution < 1.29 is 6.22 Å². The number of hydrogen-bond acceptors (Lipinski definition) is 1. The molecule has 0 aliphatic carbocycles. The molecule has 0 bridgehead atoms. The van der Waals surface area contributed by atoms with Crippen LogP contribution in [0.1, 0.15) is 27.6 Å². The van der Waals surface area contributed by atoms with Gasteiger partial charge in [-0.15, -0.1) is 0 Å². The zero-order valence-corrected chi connectivity index (χ0v) is 5.81. The predicted molar refractivity (Wildman–Crippen MR) is 38.1 cm³/mol. The standard InChI is InChI=1S/C7H13NO.H2/c1-6-2-3-7(9)8-5-4-6;/h6H,2-5H2,1H3,(H,8,9);1H. The second-order valence-electron chi connectivity index (χ2n) is 2.78. The van der Waals surface area contributed by atoms with Crippen molar-refractivity contribution in [3.8, 4) is 0 Å². The van der Waals surface area contributed by atoms with Crippen molar-refractivity contribution in [3.63, 3.8) is 0 Å². The lowest BCUT2D eigenvalue weighted by Gasteiger charge is -2.01. The Morgan fingerprint density at radius 1 is 1.67 bits per heavy atom. The lowest BCUT2D eigenvalue weighted by atomic mass is 10.0. The Morgan fingerprint density at radius 3 is 3.22 bits per heavy atom. The number of nitrogens with one attached hydrogen (secondary N) is 1. The smallest absolute Gasteiger partial charge is 0.220 e. The van der Waals surface area contributed by atoms with E-state index in [1.807, 2.05) is 0 Å². The van der Waals surface area contributed by atoms with E-state index in [0.717, 1.165) is 31.7 Å². The quantitative estimate of drug-likeness (QED) is 0.522. The molecule has 2 nitrogen and oxygen atoms in total. The molecule has 0 spiro atoms. The first-order valence-corrected chi connectivity index (χ1v) is 3.56. The third-order valence-corrected chi connectivity index (χ3v) is 1.82. The molecule has 1 rings (SSSR count). The number of hydrogen-bond donors (Lipinski definition) is 1. The van der Waals surface area contributed by atoms with E-state index in [1.165, 1.54) is 0 Å². The van der Waals surface area contributed by atoms with E-state index in [9.17, 15) is 4.79 Å². The molecule has 0 saturated carbocycles. The molecule has 1 heterocycles. The van der Waals surface area contributed by atoms with Crippen molar-refractivity contribution >= 4 is 5.91 Å². The fourth-order valence-electron chi connectivity index (χ4n) is 1.07. The van der Waals surface area contributed by atoms with Crippen molar-refractivity contribution in [1.29, 1.82) is 0 Å². The zero-order chi connectivity index (χ0) is 6.69. The number of amides is 1. The number of carbonyl (C=O) groups excluding carboxylic acids is 1. The van der Waals surface area contributed by atoms with Crippen LogP contribution in [0.5, 0.6) is 0 Å². The summed E-state index contributed by atoms with van der Waals surface area (Å²) in [7, 11) is 0. The topological polar surface area (TPSA) is 29.1 Å². The van der Waals surface area contributed by atoms with Gasteiger partial charge >= 0.3 is 0 Å². The van der Waals surface area contributed by atoms with E-state index < -0.39 is 0 Å². The lowest BCUT2D eigenvalue weighted by molar-refractivity contribution is -0.120. The van der Waals surface area contributed by atoms with Gasteiger partial charge in [0.1, 0.15) is 0 Å². The van der Waals surface area contributed by atoms with Crippen molar-refractivity contribution in [2.45, 2.75) is 26.2 Å². The molecule has 2 heteroatoms. The fraction of sp³-hybridized carbons (Fsp3) is 0.857. The molecular weight excluding hydrogens is 114 g/mol. The van der Waals surface area contributed by atoms with Crippen molar-refractivity contribution in [1.82, 2.24) is 5.32 Å².